The third kappa shape index (κ3) is 4.55. The van der Waals surface area contributed by atoms with Crippen LogP contribution in [0.3, 0.4) is 0 Å². The Balaban J connectivity index is 1.50. The second-order valence-corrected chi connectivity index (χ2v) is 8.25. The van der Waals surface area contributed by atoms with E-state index in [1.807, 2.05) is 18.2 Å². The highest BCUT2D eigenvalue weighted by Gasteiger charge is 2.19. The molecule has 0 bridgehead atoms. The number of hydrogen-bond acceptors (Lipinski definition) is 4. The summed E-state index contributed by atoms with van der Waals surface area (Å²) in [5.74, 6) is -1.01. The largest absolute Gasteiger partial charge is 0.464 e. The van der Waals surface area contributed by atoms with Crippen molar-refractivity contribution in [3.05, 3.63) is 69.6 Å². The minimum Gasteiger partial charge on any atom is -0.464 e. The number of guanidine groups is 1. The second kappa shape index (κ2) is 8.97. The van der Waals surface area contributed by atoms with Gasteiger partial charge in [0.15, 0.2) is 5.96 Å². The summed E-state index contributed by atoms with van der Waals surface area (Å²) < 4.78 is 21.1. The molecule has 1 fully saturated rings. The first-order valence-corrected chi connectivity index (χ1v) is 10.6. The van der Waals surface area contributed by atoms with Crippen LogP contribution in [0.25, 0.3) is 11.0 Å². The Bertz CT molecular complexity index is 1090. The molecule has 1 aliphatic heterocycles. The van der Waals surface area contributed by atoms with Gasteiger partial charge in [-0.05, 0) is 61.7 Å². The molecule has 6 nitrogen and oxygen atoms in total. The lowest BCUT2D eigenvalue weighted by atomic mass is 9.98. The van der Waals surface area contributed by atoms with E-state index in [4.69, 9.17) is 9.83 Å². The first-order valence-electron chi connectivity index (χ1n) is 9.81. The van der Waals surface area contributed by atoms with Crippen LogP contribution in [0.4, 0.5) is 4.39 Å². The molecule has 0 spiro atoms. The maximum Gasteiger partial charge on any atom is 0.258 e. The molecule has 30 heavy (non-hydrogen) atoms. The van der Waals surface area contributed by atoms with Gasteiger partial charge in [0.05, 0.1) is 6.26 Å². The molecule has 1 atom stereocenters. The number of amides is 1. The average molecular weight is 473 g/mol. The van der Waals surface area contributed by atoms with Crippen LogP contribution in [0.2, 0.25) is 0 Å². The molecule has 0 radical (unpaired) electrons. The van der Waals surface area contributed by atoms with E-state index in [1.54, 1.807) is 12.3 Å². The Morgan fingerprint density at radius 1 is 1.30 bits per heavy atom. The molecule has 8 heteroatoms. The predicted octanol–water partition coefficient (Wildman–Crippen LogP) is 3.74. The van der Waals surface area contributed by atoms with Gasteiger partial charge in [-0.2, -0.15) is 0 Å². The Morgan fingerprint density at radius 2 is 2.17 bits per heavy atom. The molecule has 1 saturated heterocycles. The van der Waals surface area contributed by atoms with Crippen LogP contribution in [0.1, 0.15) is 27.9 Å². The summed E-state index contributed by atoms with van der Waals surface area (Å²) in [5, 5.41) is 17.7. The minimum absolute atomic E-state index is 0.0757. The van der Waals surface area contributed by atoms with Crippen LogP contribution >= 0.6 is 15.9 Å². The van der Waals surface area contributed by atoms with Gasteiger partial charge in [0.2, 0.25) is 0 Å². The van der Waals surface area contributed by atoms with Crippen molar-refractivity contribution in [3.63, 3.8) is 0 Å². The Kier molecular flexibility index (Phi) is 6.15. The normalized spacial score (nSPS) is 16.0. The molecule has 156 valence electrons. The summed E-state index contributed by atoms with van der Waals surface area (Å²) in [4.78, 5) is 12.7. The van der Waals surface area contributed by atoms with Gasteiger partial charge in [0, 0.05) is 33.6 Å². The number of aryl methyl sites for hydroxylation is 1. The third-order valence-electron chi connectivity index (χ3n) is 5.25. The number of rotatable bonds is 5. The van der Waals surface area contributed by atoms with Crippen molar-refractivity contribution in [2.75, 3.05) is 13.1 Å². The second-order valence-electron chi connectivity index (χ2n) is 7.33. The van der Waals surface area contributed by atoms with Gasteiger partial charge >= 0.3 is 0 Å². The van der Waals surface area contributed by atoms with E-state index < -0.39 is 11.7 Å². The number of fused-ring (bicyclic) bond motifs is 1. The predicted molar refractivity (Wildman–Crippen MR) is 117 cm³/mol. The number of hydrogen-bond donors (Lipinski definition) is 4. The number of halogens is 2. The summed E-state index contributed by atoms with van der Waals surface area (Å²) in [6, 6.07) is 10.3. The van der Waals surface area contributed by atoms with Gasteiger partial charge in [-0.15, -0.1) is 0 Å². The summed E-state index contributed by atoms with van der Waals surface area (Å²) in [5.41, 5.74) is 2.25. The highest BCUT2D eigenvalue weighted by molar-refractivity contribution is 9.10. The van der Waals surface area contributed by atoms with Crippen molar-refractivity contribution >= 4 is 38.8 Å². The van der Waals surface area contributed by atoms with Gasteiger partial charge < -0.3 is 15.1 Å². The van der Waals surface area contributed by atoms with Crippen LogP contribution in [-0.2, 0) is 12.8 Å². The standard InChI is InChI=1S/C22H22BrFN4O2/c23-15-10-13(20-14(11-15)7-9-30-20)4-5-17-18(2-1-3-19(17)24)21(29)28-22(25)27-16-6-8-26-12-16/h1-3,7,9-11,16,26H,4-6,8,12H2,(H3,25,27,28,29). The maximum atomic E-state index is 14.6. The van der Waals surface area contributed by atoms with Gasteiger partial charge in [-0.25, -0.2) is 4.39 Å². The van der Waals surface area contributed by atoms with E-state index in [0.717, 1.165) is 40.5 Å². The number of carbonyl (C=O) groups excluding carboxylic acids is 1. The molecule has 1 unspecified atom stereocenters. The van der Waals surface area contributed by atoms with E-state index in [2.05, 4.69) is 31.9 Å². The number of carbonyl (C=O) groups is 1. The molecule has 4 rings (SSSR count). The zero-order chi connectivity index (χ0) is 21.1. The van der Waals surface area contributed by atoms with Gasteiger partial charge in [0.1, 0.15) is 11.4 Å². The molecule has 1 amide bonds. The Morgan fingerprint density at radius 3 is 2.97 bits per heavy atom. The van der Waals surface area contributed by atoms with E-state index >= 15 is 0 Å². The van der Waals surface area contributed by atoms with Crippen molar-refractivity contribution < 1.29 is 13.6 Å². The number of furan rings is 1. The molecular formula is C22H22BrFN4O2. The lowest BCUT2D eigenvalue weighted by Gasteiger charge is -2.16. The first-order chi connectivity index (χ1) is 14.5. The molecule has 0 saturated carbocycles. The van der Waals surface area contributed by atoms with E-state index in [1.165, 1.54) is 12.1 Å². The van der Waals surface area contributed by atoms with Crippen LogP contribution in [0.5, 0.6) is 0 Å². The fourth-order valence-electron chi connectivity index (χ4n) is 3.79. The molecule has 1 aromatic heterocycles. The van der Waals surface area contributed by atoms with Crippen molar-refractivity contribution in [3.8, 4) is 0 Å². The average Bonchev–Trinajstić information content (AvgIpc) is 3.38. The topological polar surface area (TPSA) is 90.2 Å². The van der Waals surface area contributed by atoms with Gasteiger partial charge in [-0.1, -0.05) is 22.0 Å². The molecule has 1 aliphatic rings. The molecule has 3 aromatic rings. The SMILES string of the molecule is N=C(NC(=O)c1cccc(F)c1CCc1cc(Br)cc2ccoc12)NC1CCNC1. The fourth-order valence-corrected chi connectivity index (χ4v) is 4.31. The first kappa shape index (κ1) is 20.6. The van der Waals surface area contributed by atoms with Crippen molar-refractivity contribution in [2.45, 2.75) is 25.3 Å². The summed E-state index contributed by atoms with van der Waals surface area (Å²) >= 11 is 3.49. The molecular weight excluding hydrogens is 451 g/mol. The zero-order valence-corrected chi connectivity index (χ0v) is 17.8. The van der Waals surface area contributed by atoms with E-state index in [0.29, 0.717) is 18.4 Å². The van der Waals surface area contributed by atoms with Crippen molar-refractivity contribution in [1.82, 2.24) is 16.0 Å². The summed E-state index contributed by atoms with van der Waals surface area (Å²) in [6.07, 6.45) is 3.35. The molecule has 4 N–H and O–H groups in total. The van der Waals surface area contributed by atoms with Gasteiger partial charge in [0.25, 0.3) is 5.91 Å². The maximum absolute atomic E-state index is 14.6. The monoisotopic (exact) mass is 472 g/mol. The lowest BCUT2D eigenvalue weighted by molar-refractivity contribution is 0.0974. The Labute approximate surface area is 181 Å². The fraction of sp³-hybridized carbons (Fsp3) is 0.273. The summed E-state index contributed by atoms with van der Waals surface area (Å²) in [7, 11) is 0. The number of nitrogens with one attached hydrogen (secondary N) is 4. The van der Waals surface area contributed by atoms with Gasteiger partial charge in [-0.3, -0.25) is 15.5 Å². The van der Waals surface area contributed by atoms with Crippen LogP contribution in [-0.4, -0.2) is 31.0 Å². The van der Waals surface area contributed by atoms with Crippen molar-refractivity contribution in [1.29, 1.82) is 5.41 Å². The highest BCUT2D eigenvalue weighted by Crippen LogP contribution is 2.27. The third-order valence-corrected chi connectivity index (χ3v) is 5.71. The van der Waals surface area contributed by atoms with E-state index in [-0.39, 0.29) is 17.6 Å². The number of benzene rings is 2. The summed E-state index contributed by atoms with van der Waals surface area (Å²) in [6.45, 7) is 1.63. The minimum atomic E-state index is -0.495. The zero-order valence-electron chi connectivity index (χ0n) is 16.2. The smallest absolute Gasteiger partial charge is 0.258 e. The molecule has 0 aliphatic carbocycles. The van der Waals surface area contributed by atoms with Crippen LogP contribution in [0, 0.1) is 11.2 Å². The molecule has 2 heterocycles. The van der Waals surface area contributed by atoms with E-state index in [9.17, 15) is 9.18 Å². The quantitative estimate of drug-likeness (QED) is 0.336. The Hall–Kier alpha value is -2.71. The van der Waals surface area contributed by atoms with Crippen molar-refractivity contribution in [2.24, 2.45) is 0 Å². The lowest BCUT2D eigenvalue weighted by Crippen LogP contribution is -2.46. The van der Waals surface area contributed by atoms with Crippen LogP contribution < -0.4 is 16.0 Å². The highest BCUT2D eigenvalue weighted by atomic mass is 79.9. The van der Waals surface area contributed by atoms with Crippen LogP contribution in [0.15, 0.2) is 51.6 Å². The molecule has 2 aromatic carbocycles.